The molecule has 0 aromatic carbocycles. The molecule has 2 aliphatic rings. The smallest absolute Gasteiger partial charge is 0.407 e. The van der Waals surface area contributed by atoms with Crippen LogP contribution in [-0.4, -0.2) is 52.5 Å². The predicted octanol–water partition coefficient (Wildman–Crippen LogP) is 1.94. The quantitative estimate of drug-likeness (QED) is 0.887. The van der Waals surface area contributed by atoms with Crippen LogP contribution in [0.15, 0.2) is 6.07 Å². The van der Waals surface area contributed by atoms with Gasteiger partial charge in [0.25, 0.3) is 0 Å². The second kappa shape index (κ2) is 5.55. The summed E-state index contributed by atoms with van der Waals surface area (Å²) in [6, 6.07) is 1.89. The van der Waals surface area contributed by atoms with Crippen molar-refractivity contribution in [1.82, 2.24) is 15.1 Å². The van der Waals surface area contributed by atoms with Crippen LogP contribution in [0.3, 0.4) is 0 Å². The average Bonchev–Trinajstić information content (AvgIpc) is 2.98. The Morgan fingerprint density at radius 1 is 1.43 bits per heavy atom. The molecule has 2 fully saturated rings. The van der Waals surface area contributed by atoms with Gasteiger partial charge < -0.3 is 20.1 Å². The fourth-order valence-corrected chi connectivity index (χ4v) is 3.51. The maximum Gasteiger partial charge on any atom is 0.407 e. The first kappa shape index (κ1) is 14.2. The second-order valence-electron chi connectivity index (χ2n) is 5.60. The number of nitrogens with zero attached hydrogens (tertiary/aromatic N) is 3. The monoisotopic (exact) mass is 312 g/mol. The number of ether oxygens (including phenoxy) is 1. The van der Waals surface area contributed by atoms with Crippen molar-refractivity contribution in [3.8, 4) is 5.75 Å². The fourth-order valence-electron chi connectivity index (χ4n) is 3.38. The summed E-state index contributed by atoms with van der Waals surface area (Å²) in [7, 11) is 1.56. The van der Waals surface area contributed by atoms with Crippen LogP contribution in [0, 0.1) is 11.8 Å². The molecule has 0 spiro atoms. The minimum absolute atomic E-state index is 0.264. The van der Waals surface area contributed by atoms with Crippen LogP contribution in [0.2, 0.25) is 5.15 Å². The zero-order valence-electron chi connectivity index (χ0n) is 11.6. The van der Waals surface area contributed by atoms with Gasteiger partial charge in [0.05, 0.1) is 7.11 Å². The lowest BCUT2D eigenvalue weighted by Crippen LogP contribution is -2.29. The molecule has 7 nitrogen and oxygen atoms in total. The molecule has 1 amide bonds. The summed E-state index contributed by atoms with van der Waals surface area (Å²) in [6.07, 6.45) is 1.04. The number of halogens is 1. The van der Waals surface area contributed by atoms with E-state index >= 15 is 0 Å². The van der Waals surface area contributed by atoms with E-state index in [4.69, 9.17) is 21.4 Å². The highest BCUT2D eigenvalue weighted by Gasteiger charge is 2.42. The molecule has 1 saturated heterocycles. The van der Waals surface area contributed by atoms with Gasteiger partial charge in [0, 0.05) is 25.2 Å². The Kier molecular flexibility index (Phi) is 3.75. The molecule has 114 valence electrons. The van der Waals surface area contributed by atoms with Crippen LogP contribution in [0.4, 0.5) is 10.6 Å². The zero-order chi connectivity index (χ0) is 15.0. The number of nitrogens with one attached hydrogen (secondary N) is 1. The standard InChI is InChI=1S/C13H17ClN4O3/c1-21-10-4-11(14)16-17-12(10)15-9-2-7-5-18(13(19)20)6-8(7)3-9/h4,7-9H,2-3,5-6H2,1H3,(H,15,17)(H,19,20)/t7-,8+,9-. The van der Waals surface area contributed by atoms with Crippen LogP contribution >= 0.6 is 11.6 Å². The minimum atomic E-state index is -0.820. The molecule has 1 aromatic rings. The lowest BCUT2D eigenvalue weighted by atomic mass is 10.0. The van der Waals surface area contributed by atoms with Gasteiger partial charge in [-0.15, -0.1) is 10.2 Å². The van der Waals surface area contributed by atoms with Gasteiger partial charge in [-0.1, -0.05) is 11.6 Å². The van der Waals surface area contributed by atoms with Gasteiger partial charge >= 0.3 is 6.09 Å². The van der Waals surface area contributed by atoms with Crippen LogP contribution in [-0.2, 0) is 0 Å². The number of hydrogen-bond donors (Lipinski definition) is 2. The Morgan fingerprint density at radius 2 is 2.10 bits per heavy atom. The van der Waals surface area contributed by atoms with E-state index in [-0.39, 0.29) is 11.2 Å². The van der Waals surface area contributed by atoms with E-state index in [1.165, 1.54) is 4.90 Å². The summed E-state index contributed by atoms with van der Waals surface area (Å²) in [5, 5.41) is 20.5. The van der Waals surface area contributed by atoms with Crippen LogP contribution < -0.4 is 10.1 Å². The van der Waals surface area contributed by atoms with Crippen LogP contribution in [0.5, 0.6) is 5.75 Å². The second-order valence-corrected chi connectivity index (χ2v) is 5.99. The zero-order valence-corrected chi connectivity index (χ0v) is 12.4. The first-order valence-corrected chi connectivity index (χ1v) is 7.26. The molecule has 0 unspecified atom stereocenters. The summed E-state index contributed by atoms with van der Waals surface area (Å²) >= 11 is 5.79. The van der Waals surface area contributed by atoms with Gasteiger partial charge in [-0.05, 0) is 24.7 Å². The Hall–Kier alpha value is -1.76. The van der Waals surface area contributed by atoms with Crippen molar-refractivity contribution in [2.24, 2.45) is 11.8 Å². The lowest BCUT2D eigenvalue weighted by molar-refractivity contribution is 0.152. The van der Waals surface area contributed by atoms with Crippen molar-refractivity contribution in [1.29, 1.82) is 0 Å². The summed E-state index contributed by atoms with van der Waals surface area (Å²) in [5.74, 6) is 2.00. The number of methoxy groups -OCH3 is 1. The number of carboxylic acid groups (broad SMARTS) is 1. The Bertz CT molecular complexity index is 542. The van der Waals surface area contributed by atoms with Crippen molar-refractivity contribution in [2.75, 3.05) is 25.5 Å². The molecule has 0 bridgehead atoms. The number of anilines is 1. The van der Waals surface area contributed by atoms with Crippen molar-refractivity contribution in [3.63, 3.8) is 0 Å². The maximum atomic E-state index is 11.0. The number of rotatable bonds is 3. The molecule has 3 rings (SSSR count). The fraction of sp³-hybridized carbons (Fsp3) is 0.615. The van der Waals surface area contributed by atoms with Crippen molar-refractivity contribution in [3.05, 3.63) is 11.2 Å². The van der Waals surface area contributed by atoms with Gasteiger partial charge in [-0.25, -0.2) is 4.79 Å². The van der Waals surface area contributed by atoms with Gasteiger partial charge in [0.15, 0.2) is 16.7 Å². The number of aromatic nitrogens is 2. The minimum Gasteiger partial charge on any atom is -0.493 e. The third-order valence-corrected chi connectivity index (χ3v) is 4.50. The van der Waals surface area contributed by atoms with E-state index in [2.05, 4.69) is 15.5 Å². The normalized spacial score (nSPS) is 27.5. The molecule has 8 heteroatoms. The van der Waals surface area contributed by atoms with Gasteiger partial charge in [-0.3, -0.25) is 0 Å². The SMILES string of the molecule is COc1cc(Cl)nnc1N[C@@H]1C[C@@H]2CN(C(=O)O)C[C@@H]2C1. The molecule has 1 saturated carbocycles. The third-order valence-electron chi connectivity index (χ3n) is 4.31. The van der Waals surface area contributed by atoms with Crippen molar-refractivity contribution < 1.29 is 14.6 Å². The van der Waals surface area contributed by atoms with Crippen molar-refractivity contribution in [2.45, 2.75) is 18.9 Å². The largest absolute Gasteiger partial charge is 0.493 e. The number of hydrogen-bond acceptors (Lipinski definition) is 5. The molecular weight excluding hydrogens is 296 g/mol. The summed E-state index contributed by atoms with van der Waals surface area (Å²) < 4.78 is 5.24. The van der Waals surface area contributed by atoms with Crippen LogP contribution in [0.25, 0.3) is 0 Å². The molecule has 3 atom stereocenters. The molecule has 1 aliphatic carbocycles. The molecule has 2 heterocycles. The van der Waals surface area contributed by atoms with E-state index in [0.29, 0.717) is 36.5 Å². The van der Waals surface area contributed by atoms with Gasteiger partial charge in [0.2, 0.25) is 0 Å². The number of likely N-dealkylation sites (tertiary alicyclic amines) is 1. The topological polar surface area (TPSA) is 87.6 Å². The van der Waals surface area contributed by atoms with Gasteiger partial charge in [-0.2, -0.15) is 0 Å². The number of carbonyl (C=O) groups is 1. The molecule has 1 aromatic heterocycles. The average molecular weight is 313 g/mol. The molecule has 21 heavy (non-hydrogen) atoms. The van der Waals surface area contributed by atoms with E-state index in [1.807, 2.05) is 0 Å². The van der Waals surface area contributed by atoms with E-state index in [1.54, 1.807) is 13.2 Å². The number of amides is 1. The van der Waals surface area contributed by atoms with Crippen LogP contribution in [0.1, 0.15) is 12.8 Å². The first-order chi connectivity index (χ1) is 10.1. The Labute approximate surface area is 127 Å². The molecule has 1 aliphatic heterocycles. The summed E-state index contributed by atoms with van der Waals surface area (Å²) in [5.41, 5.74) is 0. The highest BCUT2D eigenvalue weighted by atomic mass is 35.5. The number of fused-ring (bicyclic) bond motifs is 1. The van der Waals surface area contributed by atoms with E-state index in [9.17, 15) is 4.79 Å². The molecular formula is C13H17ClN4O3. The van der Waals surface area contributed by atoms with Crippen molar-refractivity contribution >= 4 is 23.5 Å². The molecule has 0 radical (unpaired) electrons. The van der Waals surface area contributed by atoms with E-state index in [0.717, 1.165) is 12.8 Å². The maximum absolute atomic E-state index is 11.0. The predicted molar refractivity (Wildman–Crippen MR) is 76.8 cm³/mol. The Balaban J connectivity index is 1.63. The van der Waals surface area contributed by atoms with Gasteiger partial charge in [0.1, 0.15) is 0 Å². The summed E-state index contributed by atoms with van der Waals surface area (Å²) in [6.45, 7) is 1.25. The first-order valence-electron chi connectivity index (χ1n) is 6.88. The highest BCUT2D eigenvalue weighted by Crippen LogP contribution is 2.39. The highest BCUT2D eigenvalue weighted by molar-refractivity contribution is 6.29. The Morgan fingerprint density at radius 3 is 2.67 bits per heavy atom. The third kappa shape index (κ3) is 2.83. The molecule has 2 N–H and O–H groups in total. The van der Waals surface area contributed by atoms with E-state index < -0.39 is 6.09 Å². The lowest BCUT2D eigenvalue weighted by Gasteiger charge is -2.18. The summed E-state index contributed by atoms with van der Waals surface area (Å²) in [4.78, 5) is 12.5.